The van der Waals surface area contributed by atoms with Crippen molar-refractivity contribution in [2.75, 3.05) is 6.61 Å². The zero-order valence-corrected chi connectivity index (χ0v) is 7.86. The number of rotatable bonds is 0. The summed E-state index contributed by atoms with van der Waals surface area (Å²) in [5.74, 6) is 0. The van der Waals surface area contributed by atoms with Crippen molar-refractivity contribution in [1.29, 1.82) is 0 Å². The molecule has 0 amide bonds. The predicted octanol–water partition coefficient (Wildman–Crippen LogP) is 2.70. The van der Waals surface area contributed by atoms with Gasteiger partial charge in [0, 0.05) is 16.7 Å². The van der Waals surface area contributed by atoms with E-state index in [0.29, 0.717) is 0 Å². The highest BCUT2D eigenvalue weighted by atomic mass is 35.7. The van der Waals surface area contributed by atoms with Gasteiger partial charge >= 0.3 is 6.95 Å². The van der Waals surface area contributed by atoms with E-state index in [1.54, 1.807) is 13.8 Å². The van der Waals surface area contributed by atoms with Gasteiger partial charge in [-0.05, 0) is 0 Å². The molecule has 0 aliphatic carbocycles. The van der Waals surface area contributed by atoms with E-state index >= 15 is 0 Å². The Balaban J connectivity index is 2.70. The molecule has 1 saturated heterocycles. The van der Waals surface area contributed by atoms with Crippen LogP contribution in [-0.4, -0.2) is 13.0 Å². The van der Waals surface area contributed by atoms with Crippen LogP contribution in [0.15, 0.2) is 0 Å². The Bertz CT molecular complexity index is 208. The van der Waals surface area contributed by atoms with E-state index in [1.165, 1.54) is 0 Å². The number of hydrogen-bond donors (Lipinski definition) is 0. The summed E-state index contributed by atoms with van der Waals surface area (Å²) in [7, 11) is 0. The predicted molar refractivity (Wildman–Crippen MR) is 39.2 cm³/mol. The molecule has 0 spiro atoms. The summed E-state index contributed by atoms with van der Waals surface area (Å²) in [5, 5.41) is 0. The number of halogens is 2. The summed E-state index contributed by atoms with van der Waals surface area (Å²) in [5.41, 5.74) is -0.775. The minimum absolute atomic E-state index is 0.00887. The van der Waals surface area contributed by atoms with Crippen LogP contribution >= 0.6 is 18.2 Å². The first kappa shape index (κ1) is 9.46. The molecule has 6 heteroatoms. The molecule has 1 aliphatic heterocycles. The van der Waals surface area contributed by atoms with Gasteiger partial charge in [-0.15, -0.1) is 0 Å². The van der Waals surface area contributed by atoms with Crippen LogP contribution < -0.4 is 0 Å². The molecule has 0 aromatic carbocycles. The summed E-state index contributed by atoms with van der Waals surface area (Å²) in [6.45, 7) is -0.407. The van der Waals surface area contributed by atoms with Crippen molar-refractivity contribution in [3.8, 4) is 0 Å². The Morgan fingerprint density at radius 3 is 2.64 bits per heavy atom. The summed E-state index contributed by atoms with van der Waals surface area (Å²) in [6, 6.07) is 0. The maximum Gasteiger partial charge on any atom is 0.426 e. The lowest BCUT2D eigenvalue weighted by Crippen LogP contribution is -2.35. The molecule has 2 unspecified atom stereocenters. The Hall–Kier alpha value is 0.370. The van der Waals surface area contributed by atoms with E-state index in [0.717, 1.165) is 0 Å². The highest BCUT2D eigenvalue weighted by Crippen LogP contribution is 2.60. The maximum atomic E-state index is 12.9. The van der Waals surface area contributed by atoms with E-state index < -0.39 is 18.7 Å². The molecule has 1 fully saturated rings. The molecular weight excluding hydrogens is 193 g/mol. The molecule has 66 valence electrons. The fourth-order valence-electron chi connectivity index (χ4n) is 0.593. The molecule has 0 N–H and O–H groups in total. The highest BCUT2D eigenvalue weighted by molar-refractivity contribution is 7.81. The largest absolute Gasteiger partial charge is 0.426 e. The average molecular weight is 203 g/mol. The molecule has 1 aliphatic rings. The summed E-state index contributed by atoms with van der Waals surface area (Å²) < 4.78 is 32.6. The van der Waals surface area contributed by atoms with Gasteiger partial charge in [0.25, 0.3) is 0 Å². The normalized spacial score (nSPS) is 43.8. The standard InChI is InChI=1S/C5H9ClFO3P/c1-5(2)3-9-11(6,8)10-4(5)7/h4H,3H2,1-2H3. The van der Waals surface area contributed by atoms with Crippen LogP contribution in [0.4, 0.5) is 4.39 Å². The zero-order chi connectivity index (χ0) is 8.70. The summed E-state index contributed by atoms with van der Waals surface area (Å²) >= 11 is 5.17. The van der Waals surface area contributed by atoms with E-state index in [9.17, 15) is 8.96 Å². The third-order valence-corrected chi connectivity index (χ3v) is 2.83. The molecular formula is C5H9ClFO3P. The third-order valence-electron chi connectivity index (χ3n) is 1.42. The van der Waals surface area contributed by atoms with Crippen molar-refractivity contribution in [2.45, 2.75) is 20.2 Å². The van der Waals surface area contributed by atoms with Gasteiger partial charge in [0.1, 0.15) is 0 Å². The van der Waals surface area contributed by atoms with E-state index in [4.69, 9.17) is 11.2 Å². The molecule has 3 nitrogen and oxygen atoms in total. The van der Waals surface area contributed by atoms with Gasteiger partial charge in [0.05, 0.1) is 6.61 Å². The Morgan fingerprint density at radius 1 is 1.73 bits per heavy atom. The van der Waals surface area contributed by atoms with Gasteiger partial charge in [-0.1, -0.05) is 13.8 Å². The van der Waals surface area contributed by atoms with Crippen LogP contribution in [0, 0.1) is 5.41 Å². The average Bonchev–Trinajstić information content (AvgIpc) is 1.81. The molecule has 1 rings (SSSR count). The smallest absolute Gasteiger partial charge is 0.296 e. The molecule has 0 radical (unpaired) electrons. The summed E-state index contributed by atoms with van der Waals surface area (Å²) in [6.07, 6.45) is -1.63. The van der Waals surface area contributed by atoms with Gasteiger partial charge in [0.2, 0.25) is 6.36 Å². The van der Waals surface area contributed by atoms with Crippen LogP contribution in [0.25, 0.3) is 0 Å². The lowest BCUT2D eigenvalue weighted by molar-refractivity contribution is -0.0930. The van der Waals surface area contributed by atoms with Gasteiger partial charge in [0.15, 0.2) is 0 Å². The van der Waals surface area contributed by atoms with E-state index in [-0.39, 0.29) is 6.61 Å². The second-order valence-electron chi connectivity index (χ2n) is 3.11. The van der Waals surface area contributed by atoms with Gasteiger partial charge in [-0.25, -0.2) is 8.96 Å². The van der Waals surface area contributed by atoms with Gasteiger partial charge < -0.3 is 0 Å². The van der Waals surface area contributed by atoms with Crippen LogP contribution in [0.3, 0.4) is 0 Å². The Labute approximate surface area is 69.1 Å². The Morgan fingerprint density at radius 2 is 2.27 bits per heavy atom. The minimum atomic E-state index is -3.63. The van der Waals surface area contributed by atoms with Crippen LogP contribution in [-0.2, 0) is 13.6 Å². The quantitative estimate of drug-likeness (QED) is 0.567. The molecule has 11 heavy (non-hydrogen) atoms. The molecule has 0 aromatic heterocycles. The second kappa shape index (κ2) is 2.70. The molecule has 0 saturated carbocycles. The number of alkyl halides is 1. The lowest BCUT2D eigenvalue weighted by Gasteiger charge is -2.34. The van der Waals surface area contributed by atoms with Crippen molar-refractivity contribution in [1.82, 2.24) is 0 Å². The first-order chi connectivity index (χ1) is 4.83. The van der Waals surface area contributed by atoms with Crippen molar-refractivity contribution >= 4 is 18.2 Å². The van der Waals surface area contributed by atoms with E-state index in [2.05, 4.69) is 9.05 Å². The number of hydrogen-bond acceptors (Lipinski definition) is 3. The Kier molecular flexibility index (Phi) is 2.32. The van der Waals surface area contributed by atoms with Crippen LogP contribution in [0.2, 0.25) is 0 Å². The minimum Gasteiger partial charge on any atom is -0.296 e. The first-order valence-corrected chi connectivity index (χ1v) is 5.55. The fourth-order valence-corrected chi connectivity index (χ4v) is 2.00. The van der Waals surface area contributed by atoms with Crippen molar-refractivity contribution < 1.29 is 18.0 Å². The molecule has 2 atom stereocenters. The van der Waals surface area contributed by atoms with Crippen molar-refractivity contribution in [3.05, 3.63) is 0 Å². The van der Waals surface area contributed by atoms with E-state index in [1.807, 2.05) is 0 Å². The second-order valence-corrected chi connectivity index (χ2v) is 5.69. The molecule has 1 heterocycles. The van der Waals surface area contributed by atoms with Crippen LogP contribution in [0.1, 0.15) is 13.8 Å². The third kappa shape index (κ3) is 2.15. The zero-order valence-electron chi connectivity index (χ0n) is 6.21. The van der Waals surface area contributed by atoms with Gasteiger partial charge in [-0.2, -0.15) is 0 Å². The lowest BCUT2D eigenvalue weighted by atomic mass is 9.95. The van der Waals surface area contributed by atoms with Crippen LogP contribution in [0.5, 0.6) is 0 Å². The van der Waals surface area contributed by atoms with Crippen molar-refractivity contribution in [3.63, 3.8) is 0 Å². The monoisotopic (exact) mass is 202 g/mol. The highest BCUT2D eigenvalue weighted by Gasteiger charge is 2.43. The van der Waals surface area contributed by atoms with Crippen molar-refractivity contribution in [2.24, 2.45) is 5.41 Å². The molecule has 0 aromatic rings. The first-order valence-electron chi connectivity index (χ1n) is 3.10. The summed E-state index contributed by atoms with van der Waals surface area (Å²) in [4.78, 5) is 0. The van der Waals surface area contributed by atoms with Gasteiger partial charge in [-0.3, -0.25) is 9.05 Å². The maximum absolute atomic E-state index is 12.9. The topological polar surface area (TPSA) is 35.5 Å². The fraction of sp³-hybridized carbons (Fsp3) is 1.00. The SMILES string of the molecule is CC1(C)COP(=O)(Cl)OC1F. The molecule has 0 bridgehead atoms.